The molecule has 2 aliphatic heterocycles. The molecule has 1 saturated carbocycles. The number of anilines is 6. The van der Waals surface area contributed by atoms with Crippen LogP contribution in [0.25, 0.3) is 11.0 Å². The van der Waals surface area contributed by atoms with Gasteiger partial charge in [0.2, 0.25) is 0 Å². The van der Waals surface area contributed by atoms with E-state index in [1.807, 2.05) is 0 Å². The average Bonchev–Trinajstić information content (AvgIpc) is 3.97. The van der Waals surface area contributed by atoms with Crippen LogP contribution in [0.2, 0.25) is 0 Å². The van der Waals surface area contributed by atoms with Gasteiger partial charge in [-0.15, -0.1) is 0 Å². The van der Waals surface area contributed by atoms with E-state index in [1.54, 1.807) is 0 Å². The molecule has 77 heavy (non-hydrogen) atoms. The summed E-state index contributed by atoms with van der Waals surface area (Å²) in [5, 5.41) is 1.23. The van der Waals surface area contributed by atoms with Crippen molar-refractivity contribution < 1.29 is 4.42 Å². The van der Waals surface area contributed by atoms with Crippen LogP contribution < -0.4 is 26.4 Å². The predicted octanol–water partition coefficient (Wildman–Crippen LogP) is 18.0. The highest BCUT2D eigenvalue weighted by Crippen LogP contribution is 2.59. The Morgan fingerprint density at radius 2 is 0.974 bits per heavy atom. The van der Waals surface area contributed by atoms with Gasteiger partial charge in [0.1, 0.15) is 5.58 Å². The van der Waals surface area contributed by atoms with Crippen molar-refractivity contribution in [3.63, 3.8) is 0 Å². The van der Waals surface area contributed by atoms with E-state index in [1.165, 1.54) is 138 Å². The van der Waals surface area contributed by atoms with Crippen LogP contribution in [0.4, 0.5) is 34.1 Å². The highest BCUT2D eigenvalue weighted by atomic mass is 16.3. The van der Waals surface area contributed by atoms with Crippen LogP contribution in [0.3, 0.4) is 0 Å². The molecule has 2 bridgehead atoms. The maximum atomic E-state index is 7.84. The van der Waals surface area contributed by atoms with Crippen LogP contribution in [0.1, 0.15) is 204 Å². The Kier molecular flexibility index (Phi) is 10.9. The molecule has 0 saturated heterocycles. The van der Waals surface area contributed by atoms with Crippen molar-refractivity contribution in [3.05, 3.63) is 195 Å². The first kappa shape index (κ1) is 50.3. The molecular formula is C73H81BN2O. The monoisotopic (exact) mass is 1010 g/mol. The largest absolute Gasteiger partial charge is 0.468 e. The highest BCUT2D eigenvalue weighted by molar-refractivity contribution is 7.00. The molecule has 14 rings (SSSR count). The van der Waals surface area contributed by atoms with E-state index >= 15 is 0 Å². The summed E-state index contributed by atoms with van der Waals surface area (Å²) in [5.74, 6) is -0.0363. The summed E-state index contributed by atoms with van der Waals surface area (Å²) in [7, 11) is 0. The zero-order valence-corrected chi connectivity index (χ0v) is 49.0. The number of rotatable bonds is 5. The Balaban J connectivity index is 1.21. The highest BCUT2D eigenvalue weighted by Gasteiger charge is 2.51. The SMILES string of the molecule is CC(C)(C)c1cc(N2c3ccc(C(C)(C)C)cc3B3c4oc5cc6c(cc5c4N(c4ccc5c(c4)C(C)(C)CCC5(C)C)c4cc(C(c5ccccc5)c5ccccc5)cc2c43)C2(C)CCC6(C)CC2)cc(C(C)(C)C)c1. The van der Waals surface area contributed by atoms with E-state index in [9.17, 15) is 0 Å². The maximum absolute atomic E-state index is 7.84. The third kappa shape index (κ3) is 7.79. The van der Waals surface area contributed by atoms with Crippen molar-refractivity contribution in [1.82, 2.24) is 0 Å². The Labute approximate surface area is 461 Å². The third-order valence-corrected chi connectivity index (χ3v) is 20.0. The van der Waals surface area contributed by atoms with Crippen molar-refractivity contribution >= 4 is 68.4 Å². The Bertz CT molecular complexity index is 3620. The molecule has 392 valence electrons. The standard InChI is InChI=1S/C73H81BN2O/c1-67(2,3)48-26-29-59-58(41-48)74-64-60(75(59)52-39-49(68(4,5)6)38-50(40-52)69(7,8)9)36-47(63(45-22-18-16-19-23-45)46-24-20-17-21-25-46)37-61(64)76(51-27-28-54-55(42-51)71(12,13)31-30-70(54,10)11)65-53-43-56-57(44-62(53)77-66(65)74)73(15)34-32-72(56,14)33-35-73/h16-29,36-44,63H,30-35H2,1-15H3. The minimum absolute atomic E-state index is 0.0117. The smallest absolute Gasteiger partial charge is 0.297 e. The van der Waals surface area contributed by atoms with Gasteiger partial charge in [0, 0.05) is 39.7 Å². The molecule has 6 aliphatic rings. The Morgan fingerprint density at radius 3 is 1.53 bits per heavy atom. The summed E-state index contributed by atoms with van der Waals surface area (Å²) >= 11 is 0. The number of benzene rings is 7. The number of nitrogens with zero attached hydrogens (tertiary/aromatic N) is 2. The lowest BCUT2D eigenvalue weighted by molar-refractivity contribution is 0.188. The first-order valence-corrected chi connectivity index (χ1v) is 29.2. The molecule has 4 heteroatoms. The fraction of sp³-hybridized carbons (Fsp3) is 0.397. The number of fused-ring (bicyclic) bond motifs is 9. The van der Waals surface area contributed by atoms with E-state index in [4.69, 9.17) is 4.42 Å². The second-order valence-corrected chi connectivity index (χ2v) is 29.5. The molecule has 4 aliphatic carbocycles. The average molecular weight is 1010 g/mol. The number of furan rings is 1. The van der Waals surface area contributed by atoms with Gasteiger partial charge in [0.25, 0.3) is 6.71 Å². The topological polar surface area (TPSA) is 19.6 Å². The van der Waals surface area contributed by atoms with Crippen LogP contribution in [0, 0.1) is 0 Å². The van der Waals surface area contributed by atoms with Crippen LogP contribution in [-0.2, 0) is 37.9 Å². The van der Waals surface area contributed by atoms with Gasteiger partial charge >= 0.3 is 0 Å². The minimum Gasteiger partial charge on any atom is -0.468 e. The summed E-state index contributed by atoms with van der Waals surface area (Å²) in [6.45, 7) is 36.1. The lowest BCUT2D eigenvalue weighted by atomic mass is 9.35. The van der Waals surface area contributed by atoms with Gasteiger partial charge in [-0.05, 0) is 198 Å². The van der Waals surface area contributed by atoms with Crippen molar-refractivity contribution in [2.75, 3.05) is 9.80 Å². The molecule has 0 N–H and O–H groups in total. The summed E-state index contributed by atoms with van der Waals surface area (Å²) in [6.07, 6.45) is 7.23. The quantitative estimate of drug-likeness (QED) is 0.127. The van der Waals surface area contributed by atoms with Gasteiger partial charge in [-0.3, -0.25) is 0 Å². The van der Waals surface area contributed by atoms with Gasteiger partial charge in [0.05, 0.1) is 11.3 Å². The molecule has 0 amide bonds. The fourth-order valence-electron chi connectivity index (χ4n) is 14.8. The summed E-state index contributed by atoms with van der Waals surface area (Å²) in [5.41, 5.74) is 25.9. The molecule has 7 aromatic carbocycles. The van der Waals surface area contributed by atoms with Crippen molar-refractivity contribution in [3.8, 4) is 0 Å². The Hall–Kier alpha value is -6.26. The van der Waals surface area contributed by atoms with E-state index < -0.39 is 0 Å². The van der Waals surface area contributed by atoms with Crippen molar-refractivity contribution in [2.24, 2.45) is 0 Å². The summed E-state index contributed by atoms with van der Waals surface area (Å²) < 4.78 is 7.84. The molecule has 3 nitrogen and oxygen atoms in total. The lowest BCUT2D eigenvalue weighted by Crippen LogP contribution is -2.61. The summed E-state index contributed by atoms with van der Waals surface area (Å²) in [6, 6.07) is 55.3. The van der Waals surface area contributed by atoms with Crippen LogP contribution >= 0.6 is 0 Å². The number of hydrogen-bond acceptors (Lipinski definition) is 3. The van der Waals surface area contributed by atoms with Gasteiger partial charge in [-0.25, -0.2) is 0 Å². The van der Waals surface area contributed by atoms with E-state index in [-0.39, 0.29) is 50.5 Å². The molecule has 0 spiro atoms. The zero-order chi connectivity index (χ0) is 54.1. The molecule has 0 atom stereocenters. The zero-order valence-electron chi connectivity index (χ0n) is 49.0. The van der Waals surface area contributed by atoms with Gasteiger partial charge in [0.15, 0.2) is 0 Å². The fourth-order valence-corrected chi connectivity index (χ4v) is 14.8. The minimum atomic E-state index is -0.172. The predicted molar refractivity (Wildman–Crippen MR) is 329 cm³/mol. The second-order valence-electron chi connectivity index (χ2n) is 29.5. The van der Waals surface area contributed by atoms with Gasteiger partial charge < -0.3 is 14.2 Å². The van der Waals surface area contributed by atoms with Crippen molar-refractivity contribution in [1.29, 1.82) is 0 Å². The van der Waals surface area contributed by atoms with E-state index in [0.29, 0.717) is 0 Å². The number of hydrogen-bond donors (Lipinski definition) is 0. The molecule has 8 aromatic rings. The Morgan fingerprint density at radius 1 is 0.442 bits per heavy atom. The molecule has 3 heterocycles. The van der Waals surface area contributed by atoms with Crippen molar-refractivity contribution in [2.45, 2.75) is 186 Å². The maximum Gasteiger partial charge on any atom is 0.297 e. The van der Waals surface area contributed by atoms with E-state index in [2.05, 4.69) is 253 Å². The molecule has 0 radical (unpaired) electrons. The molecule has 0 unspecified atom stereocenters. The molecular weight excluding hydrogens is 932 g/mol. The van der Waals surface area contributed by atoms with Crippen LogP contribution in [-0.4, -0.2) is 6.71 Å². The molecule has 1 fully saturated rings. The van der Waals surface area contributed by atoms with E-state index in [0.717, 1.165) is 17.7 Å². The lowest BCUT2D eigenvalue weighted by Gasteiger charge is -2.52. The normalized spacial score (nSPS) is 21.0. The first-order chi connectivity index (χ1) is 36.2. The first-order valence-electron chi connectivity index (χ1n) is 29.2. The van der Waals surface area contributed by atoms with Crippen LogP contribution in [0.5, 0.6) is 0 Å². The van der Waals surface area contributed by atoms with Gasteiger partial charge in [-0.2, -0.15) is 0 Å². The third-order valence-electron chi connectivity index (χ3n) is 20.0. The van der Waals surface area contributed by atoms with Crippen LogP contribution in [0.15, 0.2) is 144 Å². The molecule has 1 aromatic heterocycles. The van der Waals surface area contributed by atoms with Gasteiger partial charge in [-0.1, -0.05) is 189 Å². The summed E-state index contributed by atoms with van der Waals surface area (Å²) in [4.78, 5) is 5.37. The second kappa shape index (κ2) is 16.6.